The monoisotopic (exact) mass is 400 g/mol. The van der Waals surface area contributed by atoms with E-state index in [0.717, 1.165) is 13.1 Å². The van der Waals surface area contributed by atoms with Crippen LogP contribution in [0.25, 0.3) is 0 Å². The number of hydrogen-bond acceptors (Lipinski definition) is 4. The maximum Gasteiger partial charge on any atom is 0.253 e. The molecule has 7 heteroatoms. The number of amides is 3. The molecule has 158 valence electrons. The highest BCUT2D eigenvalue weighted by Gasteiger charge is 2.28. The first-order valence-corrected chi connectivity index (χ1v) is 10.5. The third kappa shape index (κ3) is 5.79. The molecule has 2 aliphatic rings. The van der Waals surface area contributed by atoms with Crippen LogP contribution in [0.1, 0.15) is 37.6 Å². The number of carbonyl (C=O) groups excluding carboxylic acids is 3. The molecule has 2 atom stereocenters. The summed E-state index contributed by atoms with van der Waals surface area (Å²) < 4.78 is 0. The fourth-order valence-electron chi connectivity index (χ4n) is 4.35. The van der Waals surface area contributed by atoms with Gasteiger partial charge in [-0.15, -0.1) is 0 Å². The average Bonchev–Trinajstić information content (AvgIpc) is 2.67. The Bertz CT molecular complexity index is 731. The molecule has 0 radical (unpaired) electrons. The average molecular weight is 401 g/mol. The largest absolute Gasteiger partial charge is 0.341 e. The predicted molar refractivity (Wildman–Crippen MR) is 113 cm³/mol. The summed E-state index contributed by atoms with van der Waals surface area (Å²) in [5.41, 5.74) is 1.29. The van der Waals surface area contributed by atoms with Crippen molar-refractivity contribution < 1.29 is 14.4 Å². The summed E-state index contributed by atoms with van der Waals surface area (Å²) in [7, 11) is 0. The molecule has 0 bridgehead atoms. The zero-order valence-electron chi connectivity index (χ0n) is 17.7. The minimum absolute atomic E-state index is 0.0102. The number of nitrogens with zero attached hydrogens (tertiary/aromatic N) is 3. The van der Waals surface area contributed by atoms with Crippen molar-refractivity contribution in [3.8, 4) is 0 Å². The lowest BCUT2D eigenvalue weighted by Gasteiger charge is -2.38. The van der Waals surface area contributed by atoms with Gasteiger partial charge in [0.25, 0.3) is 5.91 Å². The second-order valence-electron chi connectivity index (χ2n) is 8.57. The van der Waals surface area contributed by atoms with E-state index in [1.807, 2.05) is 9.80 Å². The van der Waals surface area contributed by atoms with Crippen LogP contribution in [0, 0.1) is 11.8 Å². The topological polar surface area (TPSA) is 73.0 Å². The highest BCUT2D eigenvalue weighted by molar-refractivity contribution is 5.95. The van der Waals surface area contributed by atoms with E-state index < -0.39 is 0 Å². The SMILES string of the molecule is CC(=O)Nc1ccc(C(=O)N2CCN(CC(=O)N3CC(C)CC(C)C3)CC2)cc1. The van der Waals surface area contributed by atoms with Crippen LogP contribution in [0.3, 0.4) is 0 Å². The van der Waals surface area contributed by atoms with Crippen LogP contribution in [0.15, 0.2) is 24.3 Å². The summed E-state index contributed by atoms with van der Waals surface area (Å²) in [6, 6.07) is 6.96. The lowest BCUT2D eigenvalue weighted by Crippen LogP contribution is -2.53. The Labute approximate surface area is 173 Å². The van der Waals surface area contributed by atoms with Crippen LogP contribution >= 0.6 is 0 Å². The number of carbonyl (C=O) groups is 3. The van der Waals surface area contributed by atoms with Crippen molar-refractivity contribution in [3.63, 3.8) is 0 Å². The number of rotatable bonds is 4. The number of nitrogens with one attached hydrogen (secondary N) is 1. The van der Waals surface area contributed by atoms with E-state index >= 15 is 0 Å². The zero-order chi connectivity index (χ0) is 21.0. The van der Waals surface area contributed by atoms with Crippen molar-refractivity contribution in [1.29, 1.82) is 0 Å². The molecule has 2 aliphatic heterocycles. The van der Waals surface area contributed by atoms with E-state index in [1.165, 1.54) is 13.3 Å². The normalized spacial score (nSPS) is 23.0. The molecular formula is C22H32N4O3. The third-order valence-corrected chi connectivity index (χ3v) is 5.69. The van der Waals surface area contributed by atoms with E-state index in [0.29, 0.717) is 55.8 Å². The number of anilines is 1. The Kier molecular flexibility index (Phi) is 6.90. The maximum atomic E-state index is 12.7. The maximum absolute atomic E-state index is 12.7. The van der Waals surface area contributed by atoms with Crippen molar-refractivity contribution in [2.24, 2.45) is 11.8 Å². The molecule has 0 aromatic heterocycles. The Morgan fingerprint density at radius 2 is 1.52 bits per heavy atom. The highest BCUT2D eigenvalue weighted by atomic mass is 16.2. The summed E-state index contributed by atoms with van der Waals surface area (Å²) in [6.45, 7) is 10.7. The minimum atomic E-state index is -0.136. The van der Waals surface area contributed by atoms with Crippen molar-refractivity contribution in [3.05, 3.63) is 29.8 Å². The number of likely N-dealkylation sites (tertiary alicyclic amines) is 1. The van der Waals surface area contributed by atoms with E-state index in [9.17, 15) is 14.4 Å². The van der Waals surface area contributed by atoms with Gasteiger partial charge in [-0.2, -0.15) is 0 Å². The predicted octanol–water partition coefficient (Wildman–Crippen LogP) is 1.91. The van der Waals surface area contributed by atoms with Gasteiger partial charge in [0.2, 0.25) is 11.8 Å². The van der Waals surface area contributed by atoms with Crippen molar-refractivity contribution in [1.82, 2.24) is 14.7 Å². The van der Waals surface area contributed by atoms with Crippen LogP contribution < -0.4 is 5.32 Å². The Morgan fingerprint density at radius 1 is 0.931 bits per heavy atom. The van der Waals surface area contributed by atoms with Gasteiger partial charge in [0.1, 0.15) is 0 Å². The molecule has 2 unspecified atom stereocenters. The quantitative estimate of drug-likeness (QED) is 0.838. The smallest absolute Gasteiger partial charge is 0.253 e. The fraction of sp³-hybridized carbons (Fsp3) is 0.591. The summed E-state index contributed by atoms with van der Waals surface area (Å²) in [4.78, 5) is 42.5. The van der Waals surface area contributed by atoms with E-state index in [4.69, 9.17) is 0 Å². The Morgan fingerprint density at radius 3 is 2.07 bits per heavy atom. The van der Waals surface area contributed by atoms with Crippen molar-refractivity contribution in [2.45, 2.75) is 27.2 Å². The second-order valence-corrected chi connectivity index (χ2v) is 8.57. The van der Waals surface area contributed by atoms with Crippen LogP contribution in [-0.2, 0) is 9.59 Å². The molecular weight excluding hydrogens is 368 g/mol. The summed E-state index contributed by atoms with van der Waals surface area (Å²) >= 11 is 0. The lowest BCUT2D eigenvalue weighted by molar-refractivity contribution is -0.135. The first-order chi connectivity index (χ1) is 13.8. The molecule has 0 spiro atoms. The van der Waals surface area contributed by atoms with Crippen LogP contribution in [0.4, 0.5) is 5.69 Å². The molecule has 0 saturated carbocycles. The first kappa shape index (κ1) is 21.3. The number of hydrogen-bond donors (Lipinski definition) is 1. The highest BCUT2D eigenvalue weighted by Crippen LogP contribution is 2.21. The number of benzene rings is 1. The molecule has 3 amide bonds. The first-order valence-electron chi connectivity index (χ1n) is 10.5. The summed E-state index contributed by atoms with van der Waals surface area (Å²) in [5.74, 6) is 1.19. The second kappa shape index (κ2) is 9.39. The van der Waals surface area contributed by atoms with E-state index in [2.05, 4.69) is 24.1 Å². The van der Waals surface area contributed by atoms with Gasteiger partial charge in [-0.3, -0.25) is 19.3 Å². The van der Waals surface area contributed by atoms with Gasteiger partial charge >= 0.3 is 0 Å². The third-order valence-electron chi connectivity index (χ3n) is 5.69. The minimum Gasteiger partial charge on any atom is -0.341 e. The fourth-order valence-corrected chi connectivity index (χ4v) is 4.35. The molecule has 29 heavy (non-hydrogen) atoms. The van der Waals surface area contributed by atoms with Crippen LogP contribution in [-0.4, -0.2) is 78.2 Å². The van der Waals surface area contributed by atoms with Crippen LogP contribution in [0.2, 0.25) is 0 Å². The Hall–Kier alpha value is -2.41. The molecule has 0 aliphatic carbocycles. The van der Waals surface area contributed by atoms with Gasteiger partial charge in [0, 0.05) is 57.4 Å². The van der Waals surface area contributed by atoms with Crippen molar-refractivity contribution in [2.75, 3.05) is 51.1 Å². The molecule has 1 aromatic carbocycles. The van der Waals surface area contributed by atoms with E-state index in [-0.39, 0.29) is 17.7 Å². The van der Waals surface area contributed by atoms with Gasteiger partial charge < -0.3 is 15.1 Å². The zero-order valence-corrected chi connectivity index (χ0v) is 17.7. The molecule has 2 heterocycles. The summed E-state index contributed by atoms with van der Waals surface area (Å²) in [6.07, 6.45) is 1.19. The van der Waals surface area contributed by atoms with Gasteiger partial charge in [0.15, 0.2) is 0 Å². The number of piperazine rings is 1. The van der Waals surface area contributed by atoms with Crippen LogP contribution in [0.5, 0.6) is 0 Å². The summed E-state index contributed by atoms with van der Waals surface area (Å²) in [5, 5.41) is 2.70. The molecule has 7 nitrogen and oxygen atoms in total. The standard InChI is InChI=1S/C22H32N4O3/c1-16-12-17(2)14-26(13-16)21(28)15-24-8-10-25(11-9-24)22(29)19-4-6-20(7-5-19)23-18(3)27/h4-7,16-17H,8-15H2,1-3H3,(H,23,27). The molecule has 2 saturated heterocycles. The molecule has 1 N–H and O–H groups in total. The van der Waals surface area contributed by atoms with Crippen molar-refractivity contribution >= 4 is 23.4 Å². The Balaban J connectivity index is 1.48. The van der Waals surface area contributed by atoms with Gasteiger partial charge in [-0.1, -0.05) is 13.8 Å². The molecule has 2 fully saturated rings. The van der Waals surface area contributed by atoms with E-state index in [1.54, 1.807) is 24.3 Å². The number of piperidine rings is 1. The molecule has 3 rings (SSSR count). The van der Waals surface area contributed by atoms with Gasteiger partial charge in [-0.25, -0.2) is 0 Å². The van der Waals surface area contributed by atoms with Gasteiger partial charge in [-0.05, 0) is 42.5 Å². The molecule has 1 aromatic rings. The lowest BCUT2D eigenvalue weighted by atomic mass is 9.92. The van der Waals surface area contributed by atoms with Gasteiger partial charge in [0.05, 0.1) is 6.54 Å².